The van der Waals surface area contributed by atoms with Crippen LogP contribution in [-0.4, -0.2) is 82.9 Å². The van der Waals surface area contributed by atoms with Gasteiger partial charge in [-0.05, 0) is 96.2 Å². The molecular formula is C46H60BN5O6. The predicted molar refractivity (Wildman–Crippen MR) is 223 cm³/mol. The zero-order valence-corrected chi connectivity index (χ0v) is 34.7. The standard InChI is InChI=1S/C46H60BN5O6/c1-28(2)41(47-57-39-24-34-23-38(45(34,3)4)46(39,5)58-47)51-43(55)37-25-35(49-40(53)21-30-14-11-19-48-26-30)27-52(37)44(56)36(20-29-12-7-6-8-13-29)50-42(54)33-18-17-31-15-9-10-16-32(31)22-33/h9-11,14-19,22,26,28-29,34-39,41H,6-8,12-13,20-21,23-25,27H2,1-5H3,(H,49,53)(H,50,54)(H,51,55)/t34-,35?,36+,37-,38-,39+,41-,46-/m0/s1. The van der Waals surface area contributed by atoms with E-state index in [0.29, 0.717) is 23.8 Å². The molecule has 308 valence electrons. The fourth-order valence-electron chi connectivity index (χ4n) is 11.0. The van der Waals surface area contributed by atoms with Gasteiger partial charge in [-0.1, -0.05) is 96.2 Å². The Morgan fingerprint density at radius 3 is 2.43 bits per heavy atom. The number of amides is 4. The number of carbonyl (C=O) groups excluding carboxylic acids is 4. The maximum absolute atomic E-state index is 15.0. The third-order valence-electron chi connectivity index (χ3n) is 14.5. The van der Waals surface area contributed by atoms with Gasteiger partial charge in [0.25, 0.3) is 5.91 Å². The molecule has 2 saturated heterocycles. The van der Waals surface area contributed by atoms with Crippen LogP contribution < -0.4 is 16.0 Å². The molecule has 3 heterocycles. The highest BCUT2D eigenvalue weighted by Crippen LogP contribution is 2.65. The van der Waals surface area contributed by atoms with Crippen molar-refractivity contribution in [3.63, 3.8) is 0 Å². The van der Waals surface area contributed by atoms with Gasteiger partial charge >= 0.3 is 7.12 Å². The van der Waals surface area contributed by atoms with Crippen molar-refractivity contribution >= 4 is 41.5 Å². The molecule has 2 bridgehead atoms. The number of hydrogen-bond donors (Lipinski definition) is 3. The van der Waals surface area contributed by atoms with Crippen molar-refractivity contribution in [3.8, 4) is 0 Å². The zero-order valence-electron chi connectivity index (χ0n) is 34.7. The normalized spacial score (nSPS) is 28.7. The van der Waals surface area contributed by atoms with Crippen LogP contribution in [0.1, 0.15) is 108 Å². The van der Waals surface area contributed by atoms with Crippen molar-refractivity contribution in [1.82, 2.24) is 25.8 Å². The maximum Gasteiger partial charge on any atom is 0.481 e. The van der Waals surface area contributed by atoms with Gasteiger partial charge in [0.1, 0.15) is 12.1 Å². The van der Waals surface area contributed by atoms with Crippen LogP contribution in [0.2, 0.25) is 0 Å². The van der Waals surface area contributed by atoms with Crippen molar-refractivity contribution in [3.05, 3.63) is 78.1 Å². The minimum atomic E-state index is -0.880. The number of benzene rings is 2. The highest BCUT2D eigenvalue weighted by atomic mass is 16.7. The topological polar surface area (TPSA) is 139 Å². The molecule has 9 rings (SSSR count). The van der Waals surface area contributed by atoms with Crippen molar-refractivity contribution in [2.75, 3.05) is 6.54 Å². The summed E-state index contributed by atoms with van der Waals surface area (Å²) in [5.41, 5.74) is 0.993. The molecule has 4 saturated carbocycles. The first-order chi connectivity index (χ1) is 27.8. The van der Waals surface area contributed by atoms with E-state index in [1.165, 1.54) is 0 Å². The number of aromatic nitrogens is 1. The summed E-state index contributed by atoms with van der Waals surface area (Å²) in [7, 11) is -0.630. The first-order valence-electron chi connectivity index (χ1n) is 21.7. The summed E-state index contributed by atoms with van der Waals surface area (Å²) < 4.78 is 13.5. The minimum absolute atomic E-state index is 0.0264. The number of nitrogens with one attached hydrogen (secondary N) is 3. The summed E-state index contributed by atoms with van der Waals surface area (Å²) in [6, 6.07) is 14.9. The van der Waals surface area contributed by atoms with Gasteiger partial charge in [-0.15, -0.1) is 0 Å². The molecule has 6 aliphatic rings. The fourth-order valence-corrected chi connectivity index (χ4v) is 11.0. The van der Waals surface area contributed by atoms with Crippen LogP contribution in [0.4, 0.5) is 0 Å². The Balaban J connectivity index is 1.04. The molecule has 3 aromatic rings. The molecule has 1 unspecified atom stereocenters. The number of fused-ring (bicyclic) bond motifs is 1. The second-order valence-corrected chi connectivity index (χ2v) is 19.0. The maximum atomic E-state index is 15.0. The third kappa shape index (κ3) is 8.03. The molecule has 11 nitrogen and oxygen atoms in total. The quantitative estimate of drug-likeness (QED) is 0.190. The summed E-state index contributed by atoms with van der Waals surface area (Å²) in [6.07, 6.45) is 11.5. The van der Waals surface area contributed by atoms with E-state index in [1.807, 2.05) is 56.3 Å². The molecule has 2 aliphatic heterocycles. The van der Waals surface area contributed by atoms with Crippen LogP contribution in [0.25, 0.3) is 10.8 Å². The first kappa shape index (κ1) is 40.5. The van der Waals surface area contributed by atoms with Crippen LogP contribution in [0.5, 0.6) is 0 Å². The van der Waals surface area contributed by atoms with Gasteiger partial charge in [0.2, 0.25) is 17.7 Å². The zero-order chi connectivity index (χ0) is 40.8. The van der Waals surface area contributed by atoms with E-state index in [0.717, 1.165) is 61.3 Å². The second-order valence-electron chi connectivity index (χ2n) is 19.0. The molecule has 0 spiro atoms. The van der Waals surface area contributed by atoms with Gasteiger partial charge in [-0.2, -0.15) is 0 Å². The Bertz CT molecular complexity index is 2010. The minimum Gasteiger partial charge on any atom is -0.404 e. The molecule has 1 aromatic heterocycles. The molecule has 6 fully saturated rings. The van der Waals surface area contributed by atoms with Crippen molar-refractivity contribution in [2.45, 2.75) is 135 Å². The average molecular weight is 790 g/mol. The number of likely N-dealkylation sites (tertiary alicyclic amines) is 1. The van der Waals surface area contributed by atoms with Crippen LogP contribution in [0.3, 0.4) is 0 Å². The Labute approximate surface area is 343 Å². The molecule has 8 atom stereocenters. The van der Waals surface area contributed by atoms with E-state index in [-0.39, 0.29) is 66.4 Å². The van der Waals surface area contributed by atoms with Gasteiger partial charge in [0.15, 0.2) is 0 Å². The lowest BCUT2D eigenvalue weighted by molar-refractivity contribution is -0.199. The lowest BCUT2D eigenvalue weighted by atomic mass is 9.43. The Morgan fingerprint density at radius 2 is 1.71 bits per heavy atom. The Kier molecular flexibility index (Phi) is 11.5. The molecular weight excluding hydrogens is 729 g/mol. The number of pyridine rings is 1. The summed E-state index contributed by atoms with van der Waals surface area (Å²) in [4.78, 5) is 62.7. The molecule has 4 aliphatic carbocycles. The van der Waals surface area contributed by atoms with Gasteiger partial charge in [-0.3, -0.25) is 24.2 Å². The summed E-state index contributed by atoms with van der Waals surface area (Å²) in [6.45, 7) is 11.1. The second kappa shape index (κ2) is 16.4. The van der Waals surface area contributed by atoms with Crippen molar-refractivity contribution < 1.29 is 28.5 Å². The number of nitrogens with zero attached hydrogens (tertiary/aromatic N) is 2. The SMILES string of the molecule is CC(C)[C@H](NC(=O)[C@@H]1CC(NC(=O)Cc2cccnc2)CN1C(=O)[C@@H](CC1CCCCC1)NC(=O)c1ccc2ccccc2c1)B1O[C@@H]2C[C@@H]3C[C@@H](C3(C)C)[C@]2(C)O1. The van der Waals surface area contributed by atoms with Crippen LogP contribution in [0, 0.1) is 29.1 Å². The fraction of sp³-hybridized carbons (Fsp3) is 0.587. The average Bonchev–Trinajstić information content (AvgIpc) is 3.80. The van der Waals surface area contributed by atoms with Crippen LogP contribution >= 0.6 is 0 Å². The predicted octanol–water partition coefficient (Wildman–Crippen LogP) is 6.04. The Morgan fingerprint density at radius 1 is 0.931 bits per heavy atom. The lowest BCUT2D eigenvalue weighted by Gasteiger charge is -2.64. The first-order valence-corrected chi connectivity index (χ1v) is 21.7. The highest BCUT2D eigenvalue weighted by molar-refractivity contribution is 6.48. The van der Waals surface area contributed by atoms with Crippen LogP contribution in [-0.2, 0) is 30.1 Å². The van der Waals surface area contributed by atoms with Crippen LogP contribution in [0.15, 0.2) is 67.0 Å². The molecule has 2 aromatic carbocycles. The van der Waals surface area contributed by atoms with Gasteiger partial charge < -0.3 is 30.2 Å². The van der Waals surface area contributed by atoms with Crippen molar-refractivity contribution in [2.24, 2.45) is 29.1 Å². The van der Waals surface area contributed by atoms with E-state index < -0.39 is 36.8 Å². The third-order valence-corrected chi connectivity index (χ3v) is 14.5. The summed E-state index contributed by atoms with van der Waals surface area (Å²) in [5, 5.41) is 11.5. The monoisotopic (exact) mass is 789 g/mol. The summed E-state index contributed by atoms with van der Waals surface area (Å²) >= 11 is 0. The van der Waals surface area contributed by atoms with E-state index in [4.69, 9.17) is 9.31 Å². The lowest BCUT2D eigenvalue weighted by Crippen LogP contribution is -2.65. The smallest absolute Gasteiger partial charge is 0.404 e. The summed E-state index contributed by atoms with van der Waals surface area (Å²) in [5.74, 6) is -0.401. The Hall–Kier alpha value is -4.29. The number of carbonyl (C=O) groups is 4. The van der Waals surface area contributed by atoms with E-state index in [2.05, 4.69) is 41.7 Å². The molecule has 12 heteroatoms. The molecule has 3 N–H and O–H groups in total. The molecule has 58 heavy (non-hydrogen) atoms. The van der Waals surface area contributed by atoms with Gasteiger partial charge in [-0.25, -0.2) is 0 Å². The molecule has 0 radical (unpaired) electrons. The molecule has 4 amide bonds. The van der Waals surface area contributed by atoms with E-state index in [9.17, 15) is 19.2 Å². The van der Waals surface area contributed by atoms with Gasteiger partial charge in [0, 0.05) is 30.5 Å². The highest BCUT2D eigenvalue weighted by Gasteiger charge is 2.68. The number of rotatable bonds is 12. The van der Waals surface area contributed by atoms with E-state index >= 15 is 0 Å². The van der Waals surface area contributed by atoms with Crippen molar-refractivity contribution in [1.29, 1.82) is 0 Å². The number of hydrogen-bond acceptors (Lipinski definition) is 7. The van der Waals surface area contributed by atoms with Gasteiger partial charge in [0.05, 0.1) is 24.1 Å². The largest absolute Gasteiger partial charge is 0.481 e. The van der Waals surface area contributed by atoms with E-state index in [1.54, 1.807) is 29.4 Å².